The number of hydrogen-bond acceptors (Lipinski definition) is 5. The van der Waals surface area contributed by atoms with Crippen LogP contribution < -0.4 is 15.4 Å². The molecule has 8 heteroatoms. The lowest BCUT2D eigenvalue weighted by Crippen LogP contribution is -2.36. The number of para-hydroxylation sites is 1. The molecule has 2 aliphatic rings. The lowest BCUT2D eigenvalue weighted by molar-refractivity contribution is -0.118. The molecule has 0 aliphatic carbocycles. The van der Waals surface area contributed by atoms with Crippen LogP contribution in [0.4, 0.5) is 5.69 Å². The van der Waals surface area contributed by atoms with Crippen LogP contribution in [0.2, 0.25) is 0 Å². The van der Waals surface area contributed by atoms with Crippen LogP contribution in [0.1, 0.15) is 16.8 Å². The van der Waals surface area contributed by atoms with Crippen LogP contribution in [0.3, 0.4) is 0 Å². The predicted molar refractivity (Wildman–Crippen MR) is 75.1 cm³/mol. The Morgan fingerprint density at radius 1 is 1.38 bits per heavy atom. The standard InChI is InChI=1S/C13H14N2O5S/c16-11-6-20-12-9(2-1-3-10(12)15-11)13(17)14-8-4-5-21(18,19)7-8/h1-3,8H,4-7H2,(H,14,17)(H,15,16). The Bertz CT molecular complexity index is 713. The van der Waals surface area contributed by atoms with E-state index in [9.17, 15) is 18.0 Å². The summed E-state index contributed by atoms with van der Waals surface area (Å²) in [7, 11) is -3.05. The van der Waals surface area contributed by atoms with Crippen molar-refractivity contribution >= 4 is 27.3 Å². The molecule has 1 aromatic carbocycles. The summed E-state index contributed by atoms with van der Waals surface area (Å²) >= 11 is 0. The first-order valence-electron chi connectivity index (χ1n) is 6.51. The number of nitrogens with one attached hydrogen (secondary N) is 2. The van der Waals surface area contributed by atoms with Crippen molar-refractivity contribution < 1.29 is 22.7 Å². The molecule has 1 saturated heterocycles. The fraction of sp³-hybridized carbons (Fsp3) is 0.385. The van der Waals surface area contributed by atoms with Crippen molar-refractivity contribution in [1.82, 2.24) is 5.32 Å². The second-order valence-electron chi connectivity index (χ2n) is 5.09. The van der Waals surface area contributed by atoms with Crippen LogP contribution in [-0.2, 0) is 14.6 Å². The van der Waals surface area contributed by atoms with Crippen LogP contribution in [0.25, 0.3) is 0 Å². The van der Waals surface area contributed by atoms with Gasteiger partial charge in [0.25, 0.3) is 11.8 Å². The van der Waals surface area contributed by atoms with Gasteiger partial charge < -0.3 is 15.4 Å². The first-order valence-corrected chi connectivity index (χ1v) is 8.34. The van der Waals surface area contributed by atoms with Gasteiger partial charge in [-0.2, -0.15) is 0 Å². The number of ether oxygens (including phenoxy) is 1. The Morgan fingerprint density at radius 3 is 2.90 bits per heavy atom. The summed E-state index contributed by atoms with van der Waals surface area (Å²) < 4.78 is 28.1. The highest BCUT2D eigenvalue weighted by molar-refractivity contribution is 7.91. The minimum atomic E-state index is -3.05. The van der Waals surface area contributed by atoms with Gasteiger partial charge in [0.1, 0.15) is 0 Å². The fourth-order valence-corrected chi connectivity index (χ4v) is 4.14. The molecule has 0 spiro atoms. The number of amides is 2. The monoisotopic (exact) mass is 310 g/mol. The van der Waals surface area contributed by atoms with Crippen LogP contribution in [0.15, 0.2) is 18.2 Å². The van der Waals surface area contributed by atoms with Gasteiger partial charge in [-0.3, -0.25) is 9.59 Å². The maximum Gasteiger partial charge on any atom is 0.262 e. The molecule has 0 aromatic heterocycles. The third-order valence-corrected chi connectivity index (χ3v) is 5.22. The molecule has 0 saturated carbocycles. The molecule has 0 bridgehead atoms. The second kappa shape index (κ2) is 5.03. The summed E-state index contributed by atoms with van der Waals surface area (Å²) in [6.45, 7) is -0.144. The predicted octanol–water partition coefficient (Wildman–Crippen LogP) is -0.0656. The third-order valence-electron chi connectivity index (χ3n) is 3.45. The zero-order valence-corrected chi connectivity index (χ0v) is 11.9. The number of carbonyl (C=O) groups excluding carboxylic acids is 2. The molecule has 2 amide bonds. The van der Waals surface area contributed by atoms with Crippen molar-refractivity contribution in [2.24, 2.45) is 0 Å². The smallest absolute Gasteiger partial charge is 0.262 e. The molecular weight excluding hydrogens is 296 g/mol. The van der Waals surface area contributed by atoms with E-state index in [1.165, 1.54) is 0 Å². The number of fused-ring (bicyclic) bond motifs is 1. The van der Waals surface area contributed by atoms with Crippen molar-refractivity contribution in [2.75, 3.05) is 23.4 Å². The summed E-state index contributed by atoms with van der Waals surface area (Å²) in [6, 6.07) is 4.48. The second-order valence-corrected chi connectivity index (χ2v) is 7.32. The van der Waals surface area contributed by atoms with Crippen LogP contribution in [-0.4, -0.2) is 44.4 Å². The van der Waals surface area contributed by atoms with Crippen LogP contribution >= 0.6 is 0 Å². The summed E-state index contributed by atoms with van der Waals surface area (Å²) in [6.07, 6.45) is 0.417. The molecular formula is C13H14N2O5S. The van der Waals surface area contributed by atoms with Gasteiger partial charge in [0, 0.05) is 6.04 Å². The topological polar surface area (TPSA) is 102 Å². The lowest BCUT2D eigenvalue weighted by atomic mass is 10.1. The zero-order chi connectivity index (χ0) is 15.0. The zero-order valence-electron chi connectivity index (χ0n) is 11.1. The van der Waals surface area contributed by atoms with Crippen LogP contribution in [0.5, 0.6) is 5.75 Å². The van der Waals surface area contributed by atoms with E-state index < -0.39 is 15.7 Å². The highest BCUT2D eigenvalue weighted by Gasteiger charge is 2.30. The number of sulfone groups is 1. The van der Waals surface area contributed by atoms with Gasteiger partial charge in [-0.15, -0.1) is 0 Å². The van der Waals surface area contributed by atoms with Crippen molar-refractivity contribution in [3.05, 3.63) is 23.8 Å². The summed E-state index contributed by atoms with van der Waals surface area (Å²) in [5.41, 5.74) is 0.731. The van der Waals surface area contributed by atoms with Crippen molar-refractivity contribution in [3.63, 3.8) is 0 Å². The molecule has 1 atom stereocenters. The Labute approximate surface area is 121 Å². The molecule has 2 N–H and O–H groups in total. The average Bonchev–Trinajstić information content (AvgIpc) is 2.76. The first kappa shape index (κ1) is 13.9. The normalized spacial score (nSPS) is 22.9. The van der Waals surface area contributed by atoms with Crippen molar-refractivity contribution in [1.29, 1.82) is 0 Å². The number of benzene rings is 1. The van der Waals surface area contributed by atoms with Gasteiger partial charge in [0.05, 0.1) is 22.8 Å². The number of carbonyl (C=O) groups is 2. The van der Waals surface area contributed by atoms with Gasteiger partial charge >= 0.3 is 0 Å². The molecule has 2 aliphatic heterocycles. The highest BCUT2D eigenvalue weighted by Crippen LogP contribution is 2.31. The average molecular weight is 310 g/mol. The molecule has 3 rings (SSSR count). The Kier molecular flexibility index (Phi) is 3.32. The Morgan fingerprint density at radius 2 is 2.19 bits per heavy atom. The summed E-state index contributed by atoms with van der Waals surface area (Å²) in [5, 5.41) is 5.32. The molecule has 7 nitrogen and oxygen atoms in total. The van der Waals surface area contributed by atoms with Gasteiger partial charge in [-0.1, -0.05) is 6.07 Å². The van der Waals surface area contributed by atoms with Crippen molar-refractivity contribution in [3.8, 4) is 5.75 Å². The maximum atomic E-state index is 12.3. The van der Waals surface area contributed by atoms with E-state index in [4.69, 9.17) is 4.74 Å². The highest BCUT2D eigenvalue weighted by atomic mass is 32.2. The largest absolute Gasteiger partial charge is 0.481 e. The van der Waals surface area contributed by atoms with Gasteiger partial charge in [-0.05, 0) is 18.6 Å². The SMILES string of the molecule is O=C1COc2c(cccc2C(=O)NC2CCS(=O)(=O)C2)N1. The quantitative estimate of drug-likeness (QED) is 0.796. The number of rotatable bonds is 2. The molecule has 0 radical (unpaired) electrons. The van der Waals surface area contributed by atoms with E-state index in [1.54, 1.807) is 18.2 Å². The molecule has 112 valence electrons. The lowest BCUT2D eigenvalue weighted by Gasteiger charge is -2.21. The van der Waals surface area contributed by atoms with E-state index in [0.29, 0.717) is 17.9 Å². The van der Waals surface area contributed by atoms with Crippen LogP contribution in [0, 0.1) is 0 Å². The van der Waals surface area contributed by atoms with E-state index in [0.717, 1.165) is 0 Å². The summed E-state index contributed by atoms with van der Waals surface area (Å²) in [4.78, 5) is 23.5. The van der Waals surface area contributed by atoms with Gasteiger partial charge in [-0.25, -0.2) is 8.42 Å². The fourth-order valence-electron chi connectivity index (χ4n) is 2.47. The Balaban J connectivity index is 1.80. The minimum absolute atomic E-state index is 0.0364. The third kappa shape index (κ3) is 2.85. The first-order chi connectivity index (χ1) is 9.94. The molecule has 2 heterocycles. The van der Waals surface area contributed by atoms with E-state index in [2.05, 4.69) is 10.6 Å². The minimum Gasteiger partial charge on any atom is -0.481 e. The number of hydrogen-bond donors (Lipinski definition) is 2. The van der Waals surface area contributed by atoms with E-state index in [1.807, 2.05) is 0 Å². The molecule has 21 heavy (non-hydrogen) atoms. The number of anilines is 1. The summed E-state index contributed by atoms with van der Waals surface area (Å²) in [5.74, 6) is -0.301. The maximum absolute atomic E-state index is 12.3. The van der Waals surface area contributed by atoms with Gasteiger partial charge in [0.2, 0.25) is 0 Å². The molecule has 1 fully saturated rings. The molecule has 1 aromatic rings. The van der Waals surface area contributed by atoms with Crippen molar-refractivity contribution in [2.45, 2.75) is 12.5 Å². The van der Waals surface area contributed by atoms with E-state index >= 15 is 0 Å². The van der Waals surface area contributed by atoms with E-state index in [-0.39, 0.29) is 35.6 Å². The van der Waals surface area contributed by atoms with Gasteiger partial charge in [0.15, 0.2) is 22.2 Å². The Hall–Kier alpha value is -2.09. The molecule has 1 unspecified atom stereocenters.